The first-order valence-corrected chi connectivity index (χ1v) is 9.62. The number of nitrogens with zero attached hydrogens (tertiary/aromatic N) is 1. The van der Waals surface area contributed by atoms with Crippen LogP contribution in [0.1, 0.15) is 51.3 Å². The van der Waals surface area contributed by atoms with E-state index in [0.717, 1.165) is 50.0 Å². The predicted molar refractivity (Wildman–Crippen MR) is 101 cm³/mol. The summed E-state index contributed by atoms with van der Waals surface area (Å²) in [7, 11) is 0. The van der Waals surface area contributed by atoms with Crippen LogP contribution < -0.4 is 5.32 Å². The molecule has 140 valence electrons. The minimum Gasteiger partial charge on any atom is -0.441 e. The van der Waals surface area contributed by atoms with Gasteiger partial charge in [0.25, 0.3) is 0 Å². The summed E-state index contributed by atoms with van der Waals surface area (Å²) in [6.07, 6.45) is 8.35. The van der Waals surface area contributed by atoms with Crippen molar-refractivity contribution in [2.75, 3.05) is 6.61 Å². The van der Waals surface area contributed by atoms with Gasteiger partial charge in [0.2, 0.25) is 5.91 Å². The molecule has 2 unspecified atom stereocenters. The molecular weight excluding hydrogens is 328 g/mol. The summed E-state index contributed by atoms with van der Waals surface area (Å²) in [5.74, 6) is 1.55. The zero-order valence-corrected chi connectivity index (χ0v) is 15.4. The summed E-state index contributed by atoms with van der Waals surface area (Å²) in [5, 5.41) is 3.08. The molecule has 2 aromatic rings. The maximum absolute atomic E-state index is 12.1. The number of carbonyl (C=O) groups is 1. The topological polar surface area (TPSA) is 64.4 Å². The van der Waals surface area contributed by atoms with Crippen molar-refractivity contribution in [3.05, 3.63) is 42.4 Å². The molecule has 1 aromatic carbocycles. The standard InChI is InChI=1S/C21H28N2O3/c1-16(12-13-18-9-6-14-25-18)23-20(24)10-5-11-21-22-15-19(26-21)17-7-3-2-4-8-17/h2-4,7-8,15-16,18H,5-6,9-14H2,1H3,(H,23,24). The Morgan fingerprint density at radius 2 is 2.19 bits per heavy atom. The first-order valence-electron chi connectivity index (χ1n) is 9.62. The van der Waals surface area contributed by atoms with Gasteiger partial charge in [-0.3, -0.25) is 4.79 Å². The summed E-state index contributed by atoms with van der Waals surface area (Å²) in [6, 6.07) is 10.1. The summed E-state index contributed by atoms with van der Waals surface area (Å²) in [5.41, 5.74) is 1.02. The molecular formula is C21H28N2O3. The van der Waals surface area contributed by atoms with E-state index < -0.39 is 0 Å². The Morgan fingerprint density at radius 1 is 1.35 bits per heavy atom. The molecule has 1 aromatic heterocycles. The fraction of sp³-hybridized carbons (Fsp3) is 0.524. The Morgan fingerprint density at radius 3 is 2.96 bits per heavy atom. The van der Waals surface area contributed by atoms with Gasteiger partial charge in [0.1, 0.15) is 0 Å². The monoisotopic (exact) mass is 356 g/mol. The van der Waals surface area contributed by atoms with E-state index in [0.29, 0.717) is 24.8 Å². The SMILES string of the molecule is CC(CCC1CCCO1)NC(=O)CCCc1ncc(-c2ccccc2)o1. The molecule has 1 saturated heterocycles. The van der Waals surface area contributed by atoms with Crippen LogP contribution in [0.4, 0.5) is 0 Å². The second kappa shape index (κ2) is 9.53. The third-order valence-electron chi connectivity index (χ3n) is 4.76. The van der Waals surface area contributed by atoms with Crippen molar-refractivity contribution in [2.24, 2.45) is 0 Å². The van der Waals surface area contributed by atoms with Crippen LogP contribution in [0.3, 0.4) is 0 Å². The third-order valence-corrected chi connectivity index (χ3v) is 4.76. The molecule has 0 aliphatic carbocycles. The van der Waals surface area contributed by atoms with Gasteiger partial charge in [-0.25, -0.2) is 4.98 Å². The van der Waals surface area contributed by atoms with E-state index in [-0.39, 0.29) is 11.9 Å². The zero-order valence-electron chi connectivity index (χ0n) is 15.4. The molecule has 0 saturated carbocycles. The normalized spacial score (nSPS) is 18.0. The molecule has 26 heavy (non-hydrogen) atoms. The number of ether oxygens (including phenoxy) is 1. The lowest BCUT2D eigenvalue weighted by Gasteiger charge is -2.16. The van der Waals surface area contributed by atoms with Crippen LogP contribution in [0.25, 0.3) is 11.3 Å². The Kier molecular flexibility index (Phi) is 6.83. The predicted octanol–water partition coefficient (Wildman–Crippen LogP) is 4.13. The van der Waals surface area contributed by atoms with E-state index >= 15 is 0 Å². The lowest BCUT2D eigenvalue weighted by atomic mass is 10.1. The molecule has 0 bridgehead atoms. The van der Waals surface area contributed by atoms with E-state index in [1.165, 1.54) is 0 Å². The van der Waals surface area contributed by atoms with Crippen LogP contribution in [-0.2, 0) is 16.0 Å². The van der Waals surface area contributed by atoms with E-state index in [2.05, 4.69) is 17.2 Å². The highest BCUT2D eigenvalue weighted by atomic mass is 16.5. The van der Waals surface area contributed by atoms with Crippen molar-refractivity contribution in [2.45, 2.75) is 64.0 Å². The highest BCUT2D eigenvalue weighted by Crippen LogP contribution is 2.20. The number of rotatable bonds is 9. The minimum atomic E-state index is 0.0969. The maximum Gasteiger partial charge on any atom is 0.220 e. The van der Waals surface area contributed by atoms with Gasteiger partial charge >= 0.3 is 0 Å². The van der Waals surface area contributed by atoms with Crippen molar-refractivity contribution < 1.29 is 13.9 Å². The number of hydrogen-bond donors (Lipinski definition) is 1. The Labute approximate surface area is 155 Å². The highest BCUT2D eigenvalue weighted by molar-refractivity contribution is 5.76. The molecule has 0 radical (unpaired) electrons. The van der Waals surface area contributed by atoms with Crippen molar-refractivity contribution in [1.82, 2.24) is 10.3 Å². The van der Waals surface area contributed by atoms with E-state index in [1.54, 1.807) is 6.20 Å². The van der Waals surface area contributed by atoms with Gasteiger partial charge in [-0.15, -0.1) is 0 Å². The molecule has 1 fully saturated rings. The van der Waals surface area contributed by atoms with Gasteiger partial charge in [-0.05, 0) is 39.0 Å². The van der Waals surface area contributed by atoms with E-state index in [4.69, 9.17) is 9.15 Å². The quantitative estimate of drug-likeness (QED) is 0.734. The largest absolute Gasteiger partial charge is 0.441 e. The van der Waals surface area contributed by atoms with Crippen molar-refractivity contribution in [1.29, 1.82) is 0 Å². The van der Waals surface area contributed by atoms with Crippen molar-refractivity contribution in [3.63, 3.8) is 0 Å². The number of aryl methyl sites for hydroxylation is 1. The lowest BCUT2D eigenvalue weighted by molar-refractivity contribution is -0.121. The Bertz CT molecular complexity index is 678. The molecule has 1 aliphatic rings. The molecule has 2 heterocycles. The molecule has 1 N–H and O–H groups in total. The Balaban J connectivity index is 1.34. The average Bonchev–Trinajstić information content (AvgIpc) is 3.33. The van der Waals surface area contributed by atoms with Crippen LogP contribution in [-0.4, -0.2) is 29.6 Å². The van der Waals surface area contributed by atoms with Gasteiger partial charge in [-0.1, -0.05) is 30.3 Å². The molecule has 3 rings (SSSR count). The fourth-order valence-electron chi connectivity index (χ4n) is 3.29. The van der Waals surface area contributed by atoms with Crippen LogP contribution in [0.15, 0.2) is 40.9 Å². The number of hydrogen-bond acceptors (Lipinski definition) is 4. The van der Waals surface area contributed by atoms with E-state index in [9.17, 15) is 4.79 Å². The zero-order chi connectivity index (χ0) is 18.2. The van der Waals surface area contributed by atoms with Crippen LogP contribution in [0.5, 0.6) is 0 Å². The van der Waals surface area contributed by atoms with Gasteiger partial charge in [-0.2, -0.15) is 0 Å². The van der Waals surface area contributed by atoms with E-state index in [1.807, 2.05) is 30.3 Å². The summed E-state index contributed by atoms with van der Waals surface area (Å²) >= 11 is 0. The van der Waals surface area contributed by atoms with Crippen LogP contribution in [0, 0.1) is 0 Å². The molecule has 5 heteroatoms. The first-order chi connectivity index (χ1) is 12.7. The average molecular weight is 356 g/mol. The summed E-state index contributed by atoms with van der Waals surface area (Å²) in [4.78, 5) is 16.4. The fourth-order valence-corrected chi connectivity index (χ4v) is 3.29. The lowest BCUT2D eigenvalue weighted by Crippen LogP contribution is -2.33. The second-order valence-electron chi connectivity index (χ2n) is 7.02. The number of aromatic nitrogens is 1. The van der Waals surface area contributed by atoms with Crippen molar-refractivity contribution in [3.8, 4) is 11.3 Å². The Hall–Kier alpha value is -2.14. The second-order valence-corrected chi connectivity index (χ2v) is 7.02. The summed E-state index contributed by atoms with van der Waals surface area (Å²) in [6.45, 7) is 2.95. The van der Waals surface area contributed by atoms with Gasteiger partial charge in [0.05, 0.1) is 12.3 Å². The number of oxazole rings is 1. The number of carbonyl (C=O) groups excluding carboxylic acids is 1. The van der Waals surface area contributed by atoms with Crippen LogP contribution >= 0.6 is 0 Å². The highest BCUT2D eigenvalue weighted by Gasteiger charge is 2.17. The van der Waals surface area contributed by atoms with Gasteiger partial charge in [0, 0.05) is 31.1 Å². The molecule has 2 atom stereocenters. The van der Waals surface area contributed by atoms with Gasteiger partial charge in [0.15, 0.2) is 11.7 Å². The van der Waals surface area contributed by atoms with Gasteiger partial charge < -0.3 is 14.5 Å². The number of amides is 1. The molecule has 1 aliphatic heterocycles. The smallest absolute Gasteiger partial charge is 0.220 e. The molecule has 1 amide bonds. The maximum atomic E-state index is 12.1. The molecule has 0 spiro atoms. The number of nitrogens with one attached hydrogen (secondary N) is 1. The van der Waals surface area contributed by atoms with Crippen molar-refractivity contribution >= 4 is 5.91 Å². The molecule has 5 nitrogen and oxygen atoms in total. The minimum absolute atomic E-state index is 0.0969. The van der Waals surface area contributed by atoms with Crippen LogP contribution in [0.2, 0.25) is 0 Å². The summed E-state index contributed by atoms with van der Waals surface area (Å²) < 4.78 is 11.4. The third kappa shape index (κ3) is 5.70. The number of benzene rings is 1. The first kappa shape index (κ1) is 18.6.